The third kappa shape index (κ3) is 4.86. The van der Waals surface area contributed by atoms with E-state index in [-0.39, 0.29) is 23.0 Å². The molecule has 1 aliphatic heterocycles. The first-order chi connectivity index (χ1) is 13.2. The van der Waals surface area contributed by atoms with Crippen molar-refractivity contribution in [2.24, 2.45) is 0 Å². The Morgan fingerprint density at radius 1 is 1.29 bits per heavy atom. The molecule has 2 amide bonds. The second-order valence-corrected chi connectivity index (χ2v) is 8.95. The van der Waals surface area contributed by atoms with E-state index in [0.29, 0.717) is 29.2 Å². The van der Waals surface area contributed by atoms with Gasteiger partial charge in [0, 0.05) is 11.2 Å². The molecule has 2 aromatic rings. The second kappa shape index (κ2) is 8.26. The van der Waals surface area contributed by atoms with Gasteiger partial charge in [0.2, 0.25) is 11.8 Å². The van der Waals surface area contributed by atoms with Gasteiger partial charge < -0.3 is 10.6 Å². The van der Waals surface area contributed by atoms with Crippen molar-refractivity contribution >= 4 is 29.3 Å². The smallest absolute Gasteiger partial charge is 0.247 e. The quantitative estimate of drug-likeness (QED) is 0.822. The number of anilines is 1. The molecule has 6 nitrogen and oxygen atoms in total. The molecule has 0 aliphatic carbocycles. The summed E-state index contributed by atoms with van der Waals surface area (Å²) in [6, 6.07) is 5.75. The molecular weight excluding hydrogens is 379 g/mol. The number of aromatic nitrogens is 2. The third-order valence-corrected chi connectivity index (χ3v) is 5.65. The van der Waals surface area contributed by atoms with Crippen LogP contribution in [0.4, 0.5) is 10.1 Å². The van der Waals surface area contributed by atoms with Crippen molar-refractivity contribution in [1.29, 1.82) is 0 Å². The number of amides is 2. The minimum absolute atomic E-state index is 0.177. The van der Waals surface area contributed by atoms with E-state index in [0.717, 1.165) is 0 Å². The van der Waals surface area contributed by atoms with Crippen LogP contribution < -0.4 is 10.6 Å². The largest absolute Gasteiger partial charge is 0.343 e. The van der Waals surface area contributed by atoms with Crippen LogP contribution in [0.15, 0.2) is 36.7 Å². The molecule has 1 aromatic heterocycles. The average Bonchev–Trinajstić information content (AvgIpc) is 2.64. The predicted molar refractivity (Wildman–Crippen MR) is 108 cm³/mol. The minimum atomic E-state index is -0.656. The number of thioether (sulfide) groups is 1. The molecule has 2 N–H and O–H groups in total. The van der Waals surface area contributed by atoms with Gasteiger partial charge in [-0.15, -0.1) is 11.8 Å². The van der Waals surface area contributed by atoms with Crippen molar-refractivity contribution in [1.82, 2.24) is 15.3 Å². The predicted octanol–water partition coefficient (Wildman–Crippen LogP) is 2.69. The fourth-order valence-corrected chi connectivity index (χ4v) is 3.94. The van der Waals surface area contributed by atoms with Crippen LogP contribution in [0.5, 0.6) is 0 Å². The molecule has 3 rings (SSSR count). The Morgan fingerprint density at radius 3 is 2.57 bits per heavy atom. The van der Waals surface area contributed by atoms with Crippen LogP contribution in [0.2, 0.25) is 0 Å². The van der Waals surface area contributed by atoms with Crippen LogP contribution in [0.3, 0.4) is 0 Å². The number of hydrogen-bond acceptors (Lipinski definition) is 5. The summed E-state index contributed by atoms with van der Waals surface area (Å²) in [4.78, 5) is 33.4. The van der Waals surface area contributed by atoms with Crippen molar-refractivity contribution in [3.63, 3.8) is 0 Å². The summed E-state index contributed by atoms with van der Waals surface area (Å²) in [5.74, 6) is 0.186. The summed E-state index contributed by atoms with van der Waals surface area (Å²) in [5, 5.41) is 5.04. The van der Waals surface area contributed by atoms with E-state index in [2.05, 4.69) is 20.6 Å². The lowest BCUT2D eigenvalue weighted by molar-refractivity contribution is -0.126. The Labute approximate surface area is 167 Å². The first kappa shape index (κ1) is 20.3. The lowest BCUT2D eigenvalue weighted by Gasteiger charge is -2.28. The molecule has 148 valence electrons. The maximum absolute atomic E-state index is 13.8. The number of rotatable bonds is 4. The van der Waals surface area contributed by atoms with E-state index >= 15 is 0 Å². The van der Waals surface area contributed by atoms with Gasteiger partial charge in [0.15, 0.2) is 0 Å². The van der Waals surface area contributed by atoms with Crippen molar-refractivity contribution in [3.05, 3.63) is 53.9 Å². The van der Waals surface area contributed by atoms with Crippen LogP contribution in [0.25, 0.3) is 0 Å². The van der Waals surface area contributed by atoms with Gasteiger partial charge in [-0.05, 0) is 18.1 Å². The van der Waals surface area contributed by atoms with Gasteiger partial charge in [-0.3, -0.25) is 9.59 Å². The fourth-order valence-electron chi connectivity index (χ4n) is 2.76. The highest BCUT2D eigenvalue weighted by Gasteiger charge is 2.33. The van der Waals surface area contributed by atoms with Crippen molar-refractivity contribution in [2.75, 3.05) is 11.1 Å². The fraction of sp³-hybridized carbons (Fsp3) is 0.400. The molecule has 2 atom stereocenters. The summed E-state index contributed by atoms with van der Waals surface area (Å²) >= 11 is 1.36. The van der Waals surface area contributed by atoms with Gasteiger partial charge >= 0.3 is 0 Å². The summed E-state index contributed by atoms with van der Waals surface area (Å²) in [6.07, 6.45) is 3.41. The monoisotopic (exact) mass is 402 g/mol. The zero-order valence-electron chi connectivity index (χ0n) is 16.0. The number of carbonyl (C=O) groups is 2. The SMILES string of the molecule is CC(C)(C)c1ncc(NC(=O)[C@H]2CS[C@H](Cc3ccccc3F)C(=O)N2)cn1. The van der Waals surface area contributed by atoms with Crippen LogP contribution in [-0.2, 0) is 21.4 Å². The summed E-state index contributed by atoms with van der Waals surface area (Å²) in [7, 11) is 0. The molecule has 2 heterocycles. The first-order valence-electron chi connectivity index (χ1n) is 9.03. The highest BCUT2D eigenvalue weighted by molar-refractivity contribution is 8.00. The van der Waals surface area contributed by atoms with Gasteiger partial charge in [0.1, 0.15) is 17.7 Å². The Bertz CT molecular complexity index is 867. The van der Waals surface area contributed by atoms with Crippen LogP contribution in [0, 0.1) is 5.82 Å². The minimum Gasteiger partial charge on any atom is -0.343 e. The Hall–Kier alpha value is -2.48. The molecule has 1 aromatic carbocycles. The standard InChI is InChI=1S/C20H23FN4O2S/c1-20(2,3)19-22-9-13(10-23-19)24-17(26)15-11-28-16(18(27)25-15)8-12-6-4-5-7-14(12)21/h4-7,9-10,15-16H,8,11H2,1-3H3,(H,24,26)(H,25,27)/t15-,16-/m1/s1. The lowest BCUT2D eigenvalue weighted by atomic mass is 9.96. The van der Waals surface area contributed by atoms with Crippen LogP contribution in [-0.4, -0.2) is 38.8 Å². The number of nitrogens with one attached hydrogen (secondary N) is 2. The van der Waals surface area contributed by atoms with Crippen LogP contribution >= 0.6 is 11.8 Å². The van der Waals surface area contributed by atoms with Crippen molar-refractivity contribution in [3.8, 4) is 0 Å². The molecule has 1 aliphatic rings. The molecule has 0 saturated carbocycles. The topological polar surface area (TPSA) is 84.0 Å². The van der Waals surface area contributed by atoms with E-state index in [1.807, 2.05) is 20.8 Å². The molecule has 0 bridgehead atoms. The second-order valence-electron chi connectivity index (χ2n) is 7.71. The normalized spacial score (nSPS) is 19.8. The number of halogens is 1. The molecular formula is C20H23FN4O2S. The molecule has 28 heavy (non-hydrogen) atoms. The van der Waals surface area contributed by atoms with E-state index in [1.54, 1.807) is 30.6 Å². The van der Waals surface area contributed by atoms with Gasteiger partial charge in [-0.1, -0.05) is 39.0 Å². The molecule has 1 fully saturated rings. The Kier molecular flexibility index (Phi) is 5.98. The van der Waals surface area contributed by atoms with E-state index in [4.69, 9.17) is 0 Å². The molecule has 8 heteroatoms. The maximum atomic E-state index is 13.8. The number of carbonyl (C=O) groups excluding carboxylic acids is 2. The Morgan fingerprint density at radius 2 is 1.96 bits per heavy atom. The number of benzene rings is 1. The third-order valence-electron chi connectivity index (χ3n) is 4.34. The highest BCUT2D eigenvalue weighted by Crippen LogP contribution is 2.24. The summed E-state index contributed by atoms with van der Waals surface area (Å²) in [5.41, 5.74) is 0.795. The molecule has 0 radical (unpaired) electrons. The average molecular weight is 402 g/mol. The van der Waals surface area contributed by atoms with Crippen LogP contribution in [0.1, 0.15) is 32.2 Å². The van der Waals surface area contributed by atoms with Gasteiger partial charge in [0.25, 0.3) is 0 Å². The Balaban J connectivity index is 1.57. The molecule has 1 saturated heterocycles. The maximum Gasteiger partial charge on any atom is 0.247 e. The number of hydrogen-bond donors (Lipinski definition) is 2. The van der Waals surface area contributed by atoms with E-state index < -0.39 is 11.3 Å². The zero-order chi connectivity index (χ0) is 20.3. The number of nitrogens with zero attached hydrogens (tertiary/aromatic N) is 2. The zero-order valence-corrected chi connectivity index (χ0v) is 16.8. The first-order valence-corrected chi connectivity index (χ1v) is 10.1. The highest BCUT2D eigenvalue weighted by atomic mass is 32.2. The lowest BCUT2D eigenvalue weighted by Crippen LogP contribution is -2.52. The van der Waals surface area contributed by atoms with E-state index in [9.17, 15) is 14.0 Å². The van der Waals surface area contributed by atoms with Gasteiger partial charge in [-0.25, -0.2) is 14.4 Å². The van der Waals surface area contributed by atoms with Gasteiger partial charge in [0.05, 0.1) is 23.3 Å². The molecule has 0 unspecified atom stereocenters. The van der Waals surface area contributed by atoms with Crippen molar-refractivity contribution in [2.45, 2.75) is 43.9 Å². The van der Waals surface area contributed by atoms with E-state index in [1.165, 1.54) is 17.8 Å². The summed E-state index contributed by atoms with van der Waals surface area (Å²) < 4.78 is 13.8. The summed E-state index contributed by atoms with van der Waals surface area (Å²) in [6.45, 7) is 6.02. The molecule has 0 spiro atoms. The van der Waals surface area contributed by atoms with Gasteiger partial charge in [-0.2, -0.15) is 0 Å². The van der Waals surface area contributed by atoms with Crippen molar-refractivity contribution < 1.29 is 14.0 Å².